The summed E-state index contributed by atoms with van der Waals surface area (Å²) in [6.45, 7) is 9.42. The second-order valence-electron chi connectivity index (χ2n) is 6.96. The minimum Gasteiger partial charge on any atom is -0.348 e. The van der Waals surface area contributed by atoms with Gasteiger partial charge in [-0.3, -0.25) is 4.79 Å². The van der Waals surface area contributed by atoms with Gasteiger partial charge in [0, 0.05) is 31.2 Å². The number of hydrogen-bond donors (Lipinski definition) is 2. The van der Waals surface area contributed by atoms with Gasteiger partial charge in [-0.05, 0) is 49.4 Å². The quantitative estimate of drug-likeness (QED) is 0.614. The molecule has 0 heterocycles. The van der Waals surface area contributed by atoms with Crippen molar-refractivity contribution in [1.82, 2.24) is 9.62 Å². The van der Waals surface area contributed by atoms with E-state index >= 15 is 0 Å². The minimum absolute atomic E-state index is 0.0875. The third-order valence-corrected chi connectivity index (χ3v) is 5.99. The zero-order valence-corrected chi connectivity index (χ0v) is 17.2. The van der Waals surface area contributed by atoms with E-state index in [1.165, 1.54) is 16.4 Å². The van der Waals surface area contributed by atoms with Crippen LogP contribution in [0.4, 0.5) is 0 Å². The van der Waals surface area contributed by atoms with Gasteiger partial charge in [-0.1, -0.05) is 27.7 Å². The lowest BCUT2D eigenvalue weighted by Gasteiger charge is -2.21. The lowest BCUT2D eigenvalue weighted by molar-refractivity contribution is 0.0933. The second-order valence-corrected chi connectivity index (χ2v) is 8.90. The molecule has 148 valence electrons. The molecule has 1 unspecified atom stereocenters. The second kappa shape index (κ2) is 10.6. The molecule has 7 heteroatoms. The first-order chi connectivity index (χ1) is 12.3. The highest BCUT2D eigenvalue weighted by molar-refractivity contribution is 7.89. The molecule has 0 spiro atoms. The summed E-state index contributed by atoms with van der Waals surface area (Å²) in [4.78, 5) is 12.6. The molecule has 1 atom stereocenters. The van der Waals surface area contributed by atoms with Crippen LogP contribution in [0.25, 0.3) is 0 Å². The van der Waals surface area contributed by atoms with Crippen LogP contribution in [0.1, 0.15) is 57.3 Å². The lowest BCUT2D eigenvalue weighted by Crippen LogP contribution is -2.41. The first-order valence-corrected chi connectivity index (χ1v) is 10.8. The fraction of sp³-hybridized carbons (Fsp3) is 0.632. The summed E-state index contributed by atoms with van der Waals surface area (Å²) >= 11 is 0. The number of sulfonamides is 1. The molecule has 1 aromatic carbocycles. The van der Waals surface area contributed by atoms with Gasteiger partial charge in [0.15, 0.2) is 0 Å². The van der Waals surface area contributed by atoms with Gasteiger partial charge in [0.25, 0.3) is 5.91 Å². The fourth-order valence-corrected chi connectivity index (χ4v) is 4.45. The SMILES string of the molecule is CCCN(CCC)S(=O)(=O)c1ccc(C(=O)NC(CN)CC(C)C)cc1. The molecule has 0 saturated heterocycles. The maximum absolute atomic E-state index is 12.7. The average molecular weight is 384 g/mol. The van der Waals surface area contributed by atoms with Crippen molar-refractivity contribution in [3.63, 3.8) is 0 Å². The molecule has 0 aliphatic rings. The number of benzene rings is 1. The van der Waals surface area contributed by atoms with Gasteiger partial charge in [0.2, 0.25) is 10.0 Å². The summed E-state index contributed by atoms with van der Waals surface area (Å²) in [6.07, 6.45) is 2.32. The van der Waals surface area contributed by atoms with Gasteiger partial charge in [0.1, 0.15) is 0 Å². The Balaban J connectivity index is 2.91. The van der Waals surface area contributed by atoms with Crippen LogP contribution in [0.15, 0.2) is 29.2 Å². The fourth-order valence-electron chi connectivity index (χ4n) is 2.83. The number of nitrogens with zero attached hydrogens (tertiary/aromatic N) is 1. The van der Waals surface area contributed by atoms with E-state index in [-0.39, 0.29) is 16.8 Å². The Morgan fingerprint density at radius 2 is 1.65 bits per heavy atom. The highest BCUT2D eigenvalue weighted by Gasteiger charge is 2.23. The maximum Gasteiger partial charge on any atom is 0.251 e. The molecular weight excluding hydrogens is 350 g/mol. The molecule has 1 amide bonds. The monoisotopic (exact) mass is 383 g/mol. The molecule has 26 heavy (non-hydrogen) atoms. The molecule has 0 aromatic heterocycles. The van der Waals surface area contributed by atoms with Crippen molar-refractivity contribution in [2.24, 2.45) is 11.7 Å². The summed E-state index contributed by atoms with van der Waals surface area (Å²) in [5.41, 5.74) is 6.15. The van der Waals surface area contributed by atoms with Crippen LogP contribution in [0.2, 0.25) is 0 Å². The molecule has 0 saturated carbocycles. The van der Waals surface area contributed by atoms with Gasteiger partial charge in [-0.15, -0.1) is 0 Å². The minimum atomic E-state index is -3.53. The number of rotatable bonds is 11. The van der Waals surface area contributed by atoms with E-state index in [0.29, 0.717) is 31.1 Å². The number of carbonyl (C=O) groups is 1. The average Bonchev–Trinajstić information content (AvgIpc) is 2.60. The Morgan fingerprint density at radius 3 is 2.08 bits per heavy atom. The van der Waals surface area contributed by atoms with E-state index in [2.05, 4.69) is 19.2 Å². The summed E-state index contributed by atoms with van der Waals surface area (Å²) in [7, 11) is -3.53. The zero-order chi connectivity index (χ0) is 19.7. The standard InChI is InChI=1S/C19H33N3O3S/c1-5-11-22(12-6-2)26(24,25)18-9-7-16(8-10-18)19(23)21-17(14-20)13-15(3)4/h7-10,15,17H,5-6,11-14,20H2,1-4H3,(H,21,23). The van der Waals surface area contributed by atoms with Crippen molar-refractivity contribution in [3.05, 3.63) is 29.8 Å². The van der Waals surface area contributed by atoms with Crippen LogP contribution in [0.3, 0.4) is 0 Å². The Morgan fingerprint density at radius 1 is 1.12 bits per heavy atom. The molecule has 1 rings (SSSR count). The molecule has 1 aromatic rings. The summed E-state index contributed by atoms with van der Waals surface area (Å²) < 4.78 is 27.0. The van der Waals surface area contributed by atoms with Crippen molar-refractivity contribution in [2.45, 2.75) is 57.9 Å². The van der Waals surface area contributed by atoms with E-state index in [4.69, 9.17) is 5.73 Å². The van der Waals surface area contributed by atoms with Crippen molar-refractivity contribution in [1.29, 1.82) is 0 Å². The Kier molecular flexibility index (Phi) is 9.25. The third-order valence-electron chi connectivity index (χ3n) is 4.08. The van der Waals surface area contributed by atoms with Gasteiger partial charge >= 0.3 is 0 Å². The van der Waals surface area contributed by atoms with Crippen molar-refractivity contribution < 1.29 is 13.2 Å². The normalized spacial score (nSPS) is 13.2. The first-order valence-electron chi connectivity index (χ1n) is 9.37. The number of carbonyl (C=O) groups excluding carboxylic acids is 1. The molecule has 6 nitrogen and oxygen atoms in total. The molecule has 0 fully saturated rings. The van der Waals surface area contributed by atoms with E-state index < -0.39 is 10.0 Å². The van der Waals surface area contributed by atoms with Gasteiger partial charge < -0.3 is 11.1 Å². The van der Waals surface area contributed by atoms with Crippen molar-refractivity contribution >= 4 is 15.9 Å². The molecular formula is C19H33N3O3S. The van der Waals surface area contributed by atoms with Gasteiger partial charge in [-0.2, -0.15) is 4.31 Å². The van der Waals surface area contributed by atoms with E-state index in [9.17, 15) is 13.2 Å². The number of amides is 1. The third kappa shape index (κ3) is 6.37. The van der Waals surface area contributed by atoms with Gasteiger partial charge in [0.05, 0.1) is 4.90 Å². The summed E-state index contributed by atoms with van der Waals surface area (Å²) in [6, 6.07) is 6.03. The van der Waals surface area contributed by atoms with Crippen LogP contribution in [-0.2, 0) is 10.0 Å². The van der Waals surface area contributed by atoms with Crippen LogP contribution < -0.4 is 11.1 Å². The smallest absolute Gasteiger partial charge is 0.251 e. The van der Waals surface area contributed by atoms with E-state index in [0.717, 1.165) is 19.3 Å². The zero-order valence-electron chi connectivity index (χ0n) is 16.4. The van der Waals surface area contributed by atoms with E-state index in [1.807, 2.05) is 13.8 Å². The summed E-state index contributed by atoms with van der Waals surface area (Å²) in [5.74, 6) is 0.198. The van der Waals surface area contributed by atoms with Crippen LogP contribution >= 0.6 is 0 Å². The number of hydrogen-bond acceptors (Lipinski definition) is 4. The summed E-state index contributed by atoms with van der Waals surface area (Å²) in [5, 5.41) is 2.91. The van der Waals surface area contributed by atoms with Crippen molar-refractivity contribution in [2.75, 3.05) is 19.6 Å². The highest BCUT2D eigenvalue weighted by atomic mass is 32.2. The highest BCUT2D eigenvalue weighted by Crippen LogP contribution is 2.17. The van der Waals surface area contributed by atoms with Crippen molar-refractivity contribution in [3.8, 4) is 0 Å². The molecule has 0 radical (unpaired) electrons. The van der Waals surface area contributed by atoms with Crippen LogP contribution in [0.5, 0.6) is 0 Å². The predicted octanol–water partition coefficient (Wildman–Crippen LogP) is 2.60. The lowest BCUT2D eigenvalue weighted by atomic mass is 10.0. The molecule has 0 aliphatic carbocycles. The number of nitrogens with one attached hydrogen (secondary N) is 1. The van der Waals surface area contributed by atoms with E-state index in [1.54, 1.807) is 12.1 Å². The van der Waals surface area contributed by atoms with Crippen LogP contribution in [-0.4, -0.2) is 44.3 Å². The Bertz CT molecular complexity index is 651. The van der Waals surface area contributed by atoms with Crippen LogP contribution in [0, 0.1) is 5.92 Å². The maximum atomic E-state index is 12.7. The largest absolute Gasteiger partial charge is 0.348 e. The Labute approximate surface area is 158 Å². The molecule has 0 bridgehead atoms. The molecule has 0 aliphatic heterocycles. The first kappa shape index (κ1) is 22.6. The Hall–Kier alpha value is -1.44. The number of nitrogens with two attached hydrogens (primary N) is 1. The predicted molar refractivity (Wildman–Crippen MR) is 106 cm³/mol. The topological polar surface area (TPSA) is 92.5 Å². The van der Waals surface area contributed by atoms with Gasteiger partial charge in [-0.25, -0.2) is 8.42 Å². The molecule has 3 N–H and O–H groups in total.